The van der Waals surface area contributed by atoms with Crippen LogP contribution < -0.4 is 0 Å². The van der Waals surface area contributed by atoms with E-state index in [-0.39, 0.29) is 5.97 Å². The van der Waals surface area contributed by atoms with Gasteiger partial charge in [0.2, 0.25) is 0 Å². The van der Waals surface area contributed by atoms with Gasteiger partial charge in [-0.15, -0.1) is 21.5 Å². The minimum atomic E-state index is -0.358. The van der Waals surface area contributed by atoms with Crippen molar-refractivity contribution in [3.05, 3.63) is 71.6 Å². The van der Waals surface area contributed by atoms with E-state index in [0.717, 1.165) is 32.6 Å². The number of methoxy groups -OCH3 is 1. The van der Waals surface area contributed by atoms with Gasteiger partial charge >= 0.3 is 5.97 Å². The van der Waals surface area contributed by atoms with Crippen LogP contribution in [0.2, 0.25) is 0 Å². The molecule has 0 atom stereocenters. The second-order valence-corrected chi connectivity index (χ2v) is 6.52. The Labute approximate surface area is 148 Å². The summed E-state index contributed by atoms with van der Waals surface area (Å²) in [5.74, 6) is -0.358. The van der Waals surface area contributed by atoms with Crippen LogP contribution in [0.4, 0.5) is 0 Å². The lowest BCUT2D eigenvalue weighted by Crippen LogP contribution is -2.00. The Morgan fingerprint density at radius 1 is 0.920 bits per heavy atom. The molecule has 0 fully saturated rings. The Morgan fingerprint density at radius 3 is 2.20 bits per heavy atom. The van der Waals surface area contributed by atoms with Crippen LogP contribution in [0, 0.1) is 0 Å². The average molecular weight is 346 g/mol. The molecule has 122 valence electrons. The average Bonchev–Trinajstić information content (AvgIpc) is 3.07. The molecule has 0 unspecified atom stereocenters. The van der Waals surface area contributed by atoms with Gasteiger partial charge in [-0.25, -0.2) is 4.79 Å². The van der Waals surface area contributed by atoms with E-state index >= 15 is 0 Å². The minimum Gasteiger partial charge on any atom is -0.465 e. The van der Waals surface area contributed by atoms with Crippen LogP contribution in [0.3, 0.4) is 0 Å². The van der Waals surface area contributed by atoms with Crippen LogP contribution in [-0.2, 0) is 4.74 Å². The number of rotatable bonds is 3. The third-order valence-corrected chi connectivity index (χ3v) is 5.04. The van der Waals surface area contributed by atoms with Crippen molar-refractivity contribution in [2.45, 2.75) is 0 Å². The standard InChI is InChI=1S/C20H14N2O2S/c1-24-20(23)19-17(14-10-6-3-7-11-14)18-16(25-19)12-15(21-22-18)13-8-4-2-5-9-13/h2-12H,1H3. The summed E-state index contributed by atoms with van der Waals surface area (Å²) in [5, 5.41) is 8.79. The smallest absolute Gasteiger partial charge is 0.348 e. The molecule has 4 aromatic rings. The van der Waals surface area contributed by atoms with Gasteiger partial charge in [0.25, 0.3) is 0 Å². The molecule has 0 aliphatic rings. The highest BCUT2D eigenvalue weighted by atomic mass is 32.1. The molecule has 25 heavy (non-hydrogen) atoms. The zero-order chi connectivity index (χ0) is 17.2. The van der Waals surface area contributed by atoms with E-state index in [1.165, 1.54) is 18.4 Å². The molecule has 0 aliphatic carbocycles. The summed E-state index contributed by atoms with van der Waals surface area (Å²) in [6, 6.07) is 21.6. The lowest BCUT2D eigenvalue weighted by atomic mass is 10.0. The SMILES string of the molecule is COC(=O)c1sc2cc(-c3ccccc3)nnc2c1-c1ccccc1. The molecule has 0 N–H and O–H groups in total. The summed E-state index contributed by atoms with van der Waals surface area (Å²) in [6.07, 6.45) is 0. The number of carbonyl (C=O) groups is 1. The highest BCUT2D eigenvalue weighted by Gasteiger charge is 2.22. The lowest BCUT2D eigenvalue weighted by molar-refractivity contribution is 0.0607. The van der Waals surface area contributed by atoms with E-state index < -0.39 is 0 Å². The van der Waals surface area contributed by atoms with Gasteiger partial charge < -0.3 is 4.74 Å². The molecule has 0 bridgehead atoms. The van der Waals surface area contributed by atoms with E-state index in [2.05, 4.69) is 10.2 Å². The third-order valence-electron chi connectivity index (χ3n) is 3.94. The number of hydrogen-bond donors (Lipinski definition) is 0. The topological polar surface area (TPSA) is 52.1 Å². The van der Waals surface area contributed by atoms with E-state index in [9.17, 15) is 4.79 Å². The van der Waals surface area contributed by atoms with Crippen LogP contribution in [0.1, 0.15) is 9.67 Å². The van der Waals surface area contributed by atoms with Crippen molar-refractivity contribution in [2.24, 2.45) is 0 Å². The molecular formula is C20H14N2O2S. The maximum atomic E-state index is 12.3. The van der Waals surface area contributed by atoms with Crippen molar-refractivity contribution in [3.8, 4) is 22.4 Å². The molecule has 0 radical (unpaired) electrons. The van der Waals surface area contributed by atoms with E-state index in [0.29, 0.717) is 4.88 Å². The van der Waals surface area contributed by atoms with Gasteiger partial charge in [-0.1, -0.05) is 60.7 Å². The van der Waals surface area contributed by atoms with Gasteiger partial charge in [-0.3, -0.25) is 0 Å². The fraction of sp³-hybridized carbons (Fsp3) is 0.0500. The predicted octanol–water partition coefficient (Wildman–Crippen LogP) is 4.81. The maximum Gasteiger partial charge on any atom is 0.348 e. The number of hydrogen-bond acceptors (Lipinski definition) is 5. The molecule has 0 spiro atoms. The molecule has 2 heterocycles. The minimum absolute atomic E-state index is 0.358. The lowest BCUT2D eigenvalue weighted by Gasteiger charge is -2.03. The molecule has 5 heteroatoms. The van der Waals surface area contributed by atoms with Crippen LogP contribution in [0.5, 0.6) is 0 Å². The largest absolute Gasteiger partial charge is 0.465 e. The molecule has 0 aliphatic heterocycles. The second-order valence-electron chi connectivity index (χ2n) is 5.47. The van der Waals surface area contributed by atoms with Crippen molar-refractivity contribution in [1.29, 1.82) is 0 Å². The van der Waals surface area contributed by atoms with Crippen LogP contribution in [0.25, 0.3) is 32.6 Å². The number of thiophene rings is 1. The van der Waals surface area contributed by atoms with Crippen molar-refractivity contribution in [2.75, 3.05) is 7.11 Å². The van der Waals surface area contributed by atoms with E-state index in [1.54, 1.807) is 0 Å². The first kappa shape index (κ1) is 15.5. The number of aromatic nitrogens is 2. The number of nitrogens with zero attached hydrogens (tertiary/aromatic N) is 2. The zero-order valence-electron chi connectivity index (χ0n) is 13.5. The van der Waals surface area contributed by atoms with Gasteiger partial charge in [0, 0.05) is 11.1 Å². The quantitative estimate of drug-likeness (QED) is 0.499. The Morgan fingerprint density at radius 2 is 1.56 bits per heavy atom. The highest BCUT2D eigenvalue weighted by molar-refractivity contribution is 7.21. The van der Waals surface area contributed by atoms with E-state index in [4.69, 9.17) is 4.74 Å². The summed E-state index contributed by atoms with van der Waals surface area (Å²) in [5.41, 5.74) is 4.20. The van der Waals surface area contributed by atoms with Gasteiger partial charge in [0.15, 0.2) is 0 Å². The molecule has 4 nitrogen and oxygen atoms in total. The first-order chi connectivity index (χ1) is 12.3. The molecule has 2 aromatic carbocycles. The Kier molecular flexibility index (Phi) is 3.99. The van der Waals surface area contributed by atoms with Gasteiger partial charge in [-0.05, 0) is 11.6 Å². The first-order valence-corrected chi connectivity index (χ1v) is 8.59. The number of esters is 1. The maximum absolute atomic E-state index is 12.3. The van der Waals surface area contributed by atoms with Crippen molar-refractivity contribution < 1.29 is 9.53 Å². The number of ether oxygens (including phenoxy) is 1. The van der Waals surface area contributed by atoms with Crippen molar-refractivity contribution in [1.82, 2.24) is 10.2 Å². The van der Waals surface area contributed by atoms with Gasteiger partial charge in [0.1, 0.15) is 10.4 Å². The fourth-order valence-electron chi connectivity index (χ4n) is 2.75. The van der Waals surface area contributed by atoms with Gasteiger partial charge in [0.05, 0.1) is 17.5 Å². The summed E-state index contributed by atoms with van der Waals surface area (Å²) in [6.45, 7) is 0. The molecule has 4 rings (SSSR count). The van der Waals surface area contributed by atoms with E-state index in [1.807, 2.05) is 66.7 Å². The Balaban J connectivity index is 1.95. The Bertz CT molecular complexity index is 1040. The number of benzene rings is 2. The molecule has 0 saturated carbocycles. The zero-order valence-corrected chi connectivity index (χ0v) is 14.3. The monoisotopic (exact) mass is 346 g/mol. The van der Waals surface area contributed by atoms with Crippen LogP contribution >= 0.6 is 11.3 Å². The number of carbonyl (C=O) groups excluding carboxylic acids is 1. The van der Waals surface area contributed by atoms with Crippen molar-refractivity contribution >= 4 is 27.5 Å². The normalized spacial score (nSPS) is 10.8. The number of fused-ring (bicyclic) bond motifs is 1. The summed E-state index contributed by atoms with van der Waals surface area (Å²) < 4.78 is 5.88. The van der Waals surface area contributed by atoms with Crippen LogP contribution in [-0.4, -0.2) is 23.3 Å². The molecule has 2 aromatic heterocycles. The predicted molar refractivity (Wildman–Crippen MR) is 99.6 cm³/mol. The second kappa shape index (κ2) is 6.45. The Hall–Kier alpha value is -3.05. The highest BCUT2D eigenvalue weighted by Crippen LogP contribution is 2.38. The first-order valence-electron chi connectivity index (χ1n) is 7.77. The fourth-order valence-corrected chi connectivity index (χ4v) is 3.87. The van der Waals surface area contributed by atoms with Gasteiger partial charge in [-0.2, -0.15) is 0 Å². The third kappa shape index (κ3) is 2.79. The summed E-state index contributed by atoms with van der Waals surface area (Å²) in [7, 11) is 1.39. The van der Waals surface area contributed by atoms with Crippen LogP contribution in [0.15, 0.2) is 66.7 Å². The summed E-state index contributed by atoms with van der Waals surface area (Å²) in [4.78, 5) is 12.8. The molecule has 0 saturated heterocycles. The molecular weight excluding hydrogens is 332 g/mol. The van der Waals surface area contributed by atoms with Crippen molar-refractivity contribution in [3.63, 3.8) is 0 Å². The molecule has 0 amide bonds. The summed E-state index contributed by atoms with van der Waals surface area (Å²) >= 11 is 1.38.